The van der Waals surface area contributed by atoms with Crippen LogP contribution in [0.4, 0.5) is 0 Å². The molecule has 1 aliphatic heterocycles. The summed E-state index contributed by atoms with van der Waals surface area (Å²) in [5.41, 5.74) is 0. The summed E-state index contributed by atoms with van der Waals surface area (Å²) in [7, 11) is 0. The van der Waals surface area contributed by atoms with Gasteiger partial charge >= 0.3 is 0 Å². The van der Waals surface area contributed by atoms with Crippen molar-refractivity contribution in [3.05, 3.63) is 0 Å². The molecule has 1 aliphatic rings. The van der Waals surface area contributed by atoms with E-state index in [1.807, 2.05) is 0 Å². The molecule has 1 fully saturated rings. The molecule has 0 aliphatic carbocycles. The van der Waals surface area contributed by atoms with Gasteiger partial charge < -0.3 is 20.1 Å². The van der Waals surface area contributed by atoms with Crippen LogP contribution in [0.15, 0.2) is 0 Å². The van der Waals surface area contributed by atoms with E-state index >= 15 is 0 Å². The van der Waals surface area contributed by atoms with Crippen molar-refractivity contribution < 1.29 is 64.1 Å². The Morgan fingerprint density at radius 3 is 2.20 bits per heavy atom. The van der Waals surface area contributed by atoms with Crippen molar-refractivity contribution in [2.45, 2.75) is 24.9 Å². The van der Waals surface area contributed by atoms with Crippen LogP contribution in [0.1, 0.15) is 6.42 Å². The monoisotopic (exact) mass is 361 g/mol. The van der Waals surface area contributed by atoms with Crippen LogP contribution >= 0.6 is 0 Å². The number of hydrogen-bond donors (Lipinski definition) is 3. The van der Waals surface area contributed by atoms with E-state index in [-0.39, 0.29) is 50.7 Å². The molecule has 3 unspecified atom stereocenters. The summed E-state index contributed by atoms with van der Waals surface area (Å²) >= 11 is 0. The third-order valence-electron chi connectivity index (χ3n) is 1.37. The zero-order valence-electron chi connectivity index (χ0n) is 5.47. The summed E-state index contributed by atoms with van der Waals surface area (Å²) in [6.07, 6.45) is -2.02. The Morgan fingerprint density at radius 2 is 2.00 bits per heavy atom. The van der Waals surface area contributed by atoms with Gasteiger partial charge in [-0.25, -0.2) is 0 Å². The van der Waals surface area contributed by atoms with E-state index in [2.05, 4.69) is 4.74 Å². The predicted molar refractivity (Wildman–Crippen MR) is 28.6 cm³/mol. The maximum atomic E-state index is 8.81. The maximum absolute atomic E-state index is 8.81. The minimum Gasteiger partial charge on any atom is -0.394 e. The van der Waals surface area contributed by atoms with Crippen LogP contribution in [0.2, 0.25) is 0 Å². The molecule has 0 aromatic heterocycles. The smallest absolute Gasteiger partial charge is 0.181 e. The summed E-state index contributed by atoms with van der Waals surface area (Å²) in [4.78, 5) is 0. The Kier molecular flexibility index (Phi) is 5.66. The van der Waals surface area contributed by atoms with Crippen molar-refractivity contribution in [2.75, 3.05) is 6.61 Å². The van der Waals surface area contributed by atoms with Gasteiger partial charge in [-0.2, -0.15) is 0 Å². The van der Waals surface area contributed by atoms with Crippen molar-refractivity contribution in [3.8, 4) is 0 Å². The first-order chi connectivity index (χ1) is 4.24. The second kappa shape index (κ2) is 5.02. The normalized spacial score (nSPS) is 39.3. The van der Waals surface area contributed by atoms with Gasteiger partial charge in [-0.05, 0) is 0 Å². The van der Waals surface area contributed by atoms with Crippen molar-refractivity contribution in [1.29, 1.82) is 0 Å². The van der Waals surface area contributed by atoms with E-state index in [0.717, 1.165) is 0 Å². The zero-order valence-corrected chi connectivity index (χ0v) is 10.2. The average molecular weight is 361 g/mol. The van der Waals surface area contributed by atoms with Gasteiger partial charge in [0.05, 0.1) is 12.7 Å². The van der Waals surface area contributed by atoms with Crippen LogP contribution in [-0.2, 0) is 4.74 Å². The molecule has 0 aromatic carbocycles. The average Bonchev–Trinajstić information content (AvgIpc) is 2.13. The van der Waals surface area contributed by atoms with Gasteiger partial charge in [0.1, 0.15) is 6.10 Å². The molecule has 4 nitrogen and oxygen atoms in total. The molecule has 57 valence electrons. The molecular formula is C5H10AcO4. The minimum absolute atomic E-state index is 0. The fraction of sp³-hybridized carbons (Fsp3) is 1.00. The van der Waals surface area contributed by atoms with E-state index in [0.29, 0.717) is 6.42 Å². The van der Waals surface area contributed by atoms with Crippen LogP contribution in [0, 0.1) is 44.1 Å². The summed E-state index contributed by atoms with van der Waals surface area (Å²) in [5.74, 6) is 0. The Balaban J connectivity index is 0.000000810. The first kappa shape index (κ1) is 11.3. The number of hydrogen-bond acceptors (Lipinski definition) is 4. The van der Waals surface area contributed by atoms with Crippen LogP contribution in [0.5, 0.6) is 0 Å². The summed E-state index contributed by atoms with van der Waals surface area (Å²) < 4.78 is 4.68. The Labute approximate surface area is 94.7 Å². The maximum Gasteiger partial charge on any atom is 0.181 e. The van der Waals surface area contributed by atoms with E-state index in [1.165, 1.54) is 0 Å². The third kappa shape index (κ3) is 2.73. The molecule has 0 aromatic rings. The van der Waals surface area contributed by atoms with E-state index in [4.69, 9.17) is 15.3 Å². The molecule has 10 heavy (non-hydrogen) atoms. The molecular weight excluding hydrogens is 351 g/mol. The SMILES string of the molecule is OCC1CC(O)C(O)O1.[Ac]. The molecule has 0 saturated carbocycles. The fourth-order valence-corrected chi connectivity index (χ4v) is 0.847. The Morgan fingerprint density at radius 1 is 1.40 bits per heavy atom. The van der Waals surface area contributed by atoms with E-state index < -0.39 is 18.5 Å². The van der Waals surface area contributed by atoms with Gasteiger partial charge in [0, 0.05) is 50.5 Å². The first-order valence-electron chi connectivity index (χ1n) is 2.86. The summed E-state index contributed by atoms with van der Waals surface area (Å²) in [6.45, 7) is -0.145. The second-order valence-electron chi connectivity index (χ2n) is 2.13. The second-order valence-corrected chi connectivity index (χ2v) is 2.13. The molecule has 1 rings (SSSR count). The topological polar surface area (TPSA) is 69.9 Å². The fourth-order valence-electron chi connectivity index (χ4n) is 0.847. The summed E-state index contributed by atoms with van der Waals surface area (Å²) in [6, 6.07) is 0. The molecule has 3 N–H and O–H groups in total. The van der Waals surface area contributed by atoms with Crippen molar-refractivity contribution >= 4 is 0 Å². The van der Waals surface area contributed by atoms with Gasteiger partial charge in [-0.3, -0.25) is 0 Å². The molecule has 5 heteroatoms. The first-order valence-corrected chi connectivity index (χ1v) is 2.86. The quantitative estimate of drug-likeness (QED) is 0.529. The van der Waals surface area contributed by atoms with Gasteiger partial charge in [-0.15, -0.1) is 0 Å². The Bertz CT molecular complexity index is 89.6. The molecule has 1 heterocycles. The molecule has 0 amide bonds. The Hall–Kier alpha value is 1.28. The van der Waals surface area contributed by atoms with Crippen molar-refractivity contribution in [3.63, 3.8) is 0 Å². The van der Waals surface area contributed by atoms with Gasteiger partial charge in [0.25, 0.3) is 0 Å². The van der Waals surface area contributed by atoms with Crippen LogP contribution in [-0.4, -0.2) is 40.4 Å². The number of aliphatic hydroxyl groups excluding tert-OH is 3. The largest absolute Gasteiger partial charge is 0.394 e. The number of rotatable bonds is 1. The van der Waals surface area contributed by atoms with E-state index in [9.17, 15) is 0 Å². The molecule has 0 bridgehead atoms. The molecule has 1 saturated heterocycles. The predicted octanol–water partition coefficient (Wildman–Crippen LogP) is -1.55. The summed E-state index contributed by atoms with van der Waals surface area (Å²) in [5, 5.41) is 26.0. The molecule has 1 radical (unpaired) electrons. The number of aliphatic hydroxyl groups is 3. The zero-order chi connectivity index (χ0) is 6.85. The standard InChI is InChI=1S/C5H10O4.Ac/c6-2-3-1-4(7)5(8)9-3;/h3-8H,1-2H2;. The van der Waals surface area contributed by atoms with Crippen molar-refractivity contribution in [2.24, 2.45) is 0 Å². The van der Waals surface area contributed by atoms with E-state index in [1.54, 1.807) is 0 Å². The molecule has 0 spiro atoms. The van der Waals surface area contributed by atoms with Gasteiger partial charge in [0.15, 0.2) is 6.29 Å². The third-order valence-corrected chi connectivity index (χ3v) is 1.37. The van der Waals surface area contributed by atoms with Gasteiger partial charge in [-0.1, -0.05) is 0 Å². The van der Waals surface area contributed by atoms with Crippen LogP contribution < -0.4 is 0 Å². The minimum atomic E-state index is -1.11. The molecule has 3 atom stereocenters. The van der Waals surface area contributed by atoms with Crippen molar-refractivity contribution in [1.82, 2.24) is 0 Å². The van der Waals surface area contributed by atoms with Gasteiger partial charge in [0.2, 0.25) is 0 Å². The van der Waals surface area contributed by atoms with Crippen LogP contribution in [0.25, 0.3) is 0 Å². The number of ether oxygens (including phenoxy) is 1. The van der Waals surface area contributed by atoms with Crippen LogP contribution in [0.3, 0.4) is 0 Å².